The standard InChI is InChI=1S/C14H33NO2Si2/c1-6-16-19(17-7-2)14-12-11-13-15(19)18(8-3,9-4)10-5/h6-14H2,1-5H3. The van der Waals surface area contributed by atoms with Gasteiger partial charge in [0.2, 0.25) is 0 Å². The van der Waals surface area contributed by atoms with Crippen LogP contribution in [0.3, 0.4) is 0 Å². The molecule has 19 heavy (non-hydrogen) atoms. The predicted octanol–water partition coefficient (Wildman–Crippen LogP) is 4.10. The zero-order chi connectivity index (χ0) is 14.4. The quantitative estimate of drug-likeness (QED) is 0.630. The van der Waals surface area contributed by atoms with Crippen molar-refractivity contribution >= 4 is 17.0 Å². The van der Waals surface area contributed by atoms with Gasteiger partial charge in [-0.3, -0.25) is 0 Å². The monoisotopic (exact) mass is 303 g/mol. The smallest absolute Gasteiger partial charge is 0.383 e. The number of nitrogens with zero attached hydrogens (tertiary/aromatic N) is 1. The highest BCUT2D eigenvalue weighted by Gasteiger charge is 2.53. The second-order valence-corrected chi connectivity index (χ2v) is 14.1. The molecule has 0 amide bonds. The maximum atomic E-state index is 6.31. The molecular weight excluding hydrogens is 270 g/mol. The van der Waals surface area contributed by atoms with E-state index in [9.17, 15) is 0 Å². The number of hydrogen-bond acceptors (Lipinski definition) is 3. The van der Waals surface area contributed by atoms with Gasteiger partial charge in [0, 0.05) is 19.3 Å². The first-order valence-corrected chi connectivity index (χ1v) is 12.7. The Balaban J connectivity index is 3.08. The van der Waals surface area contributed by atoms with Crippen molar-refractivity contribution in [1.29, 1.82) is 0 Å². The lowest BCUT2D eigenvalue weighted by Crippen LogP contribution is -2.70. The average Bonchev–Trinajstić information content (AvgIpc) is 2.44. The molecular formula is C14H33NO2Si2. The normalized spacial score (nSPS) is 20.7. The van der Waals surface area contributed by atoms with E-state index in [1.807, 2.05) is 0 Å². The minimum absolute atomic E-state index is 0.796. The fourth-order valence-electron chi connectivity index (χ4n) is 3.64. The molecule has 1 fully saturated rings. The first-order chi connectivity index (χ1) is 9.14. The van der Waals surface area contributed by atoms with Gasteiger partial charge in [-0.05, 0) is 51.4 Å². The Morgan fingerprint density at radius 2 is 1.42 bits per heavy atom. The van der Waals surface area contributed by atoms with Crippen LogP contribution in [0.4, 0.5) is 0 Å². The van der Waals surface area contributed by atoms with E-state index in [-0.39, 0.29) is 0 Å². The number of rotatable bonds is 8. The molecule has 0 saturated carbocycles. The lowest BCUT2D eigenvalue weighted by molar-refractivity contribution is 0.133. The molecule has 0 atom stereocenters. The lowest BCUT2D eigenvalue weighted by atomic mass is 10.3. The third kappa shape index (κ3) is 3.50. The molecule has 0 aromatic rings. The van der Waals surface area contributed by atoms with E-state index >= 15 is 0 Å². The lowest BCUT2D eigenvalue weighted by Gasteiger charge is -2.52. The van der Waals surface area contributed by atoms with Crippen molar-refractivity contribution in [2.75, 3.05) is 19.8 Å². The number of hydrogen-bond donors (Lipinski definition) is 0. The van der Waals surface area contributed by atoms with Crippen molar-refractivity contribution in [2.45, 2.75) is 71.6 Å². The Morgan fingerprint density at radius 3 is 1.84 bits per heavy atom. The van der Waals surface area contributed by atoms with Gasteiger partial charge in [0.15, 0.2) is 0 Å². The van der Waals surface area contributed by atoms with Crippen molar-refractivity contribution in [2.24, 2.45) is 0 Å². The fraction of sp³-hybridized carbons (Fsp3) is 1.00. The Kier molecular flexibility index (Phi) is 7.25. The molecule has 0 unspecified atom stereocenters. The van der Waals surface area contributed by atoms with Gasteiger partial charge in [-0.25, -0.2) is 0 Å². The summed E-state index contributed by atoms with van der Waals surface area (Å²) in [4.78, 5) is 0. The molecule has 1 aliphatic heterocycles. The van der Waals surface area contributed by atoms with Gasteiger partial charge < -0.3 is 13.1 Å². The van der Waals surface area contributed by atoms with E-state index in [0.29, 0.717) is 0 Å². The summed E-state index contributed by atoms with van der Waals surface area (Å²) < 4.78 is 15.4. The molecule has 114 valence electrons. The van der Waals surface area contributed by atoms with E-state index < -0.39 is 17.0 Å². The highest BCUT2D eigenvalue weighted by molar-refractivity contribution is 6.88. The summed E-state index contributed by atoms with van der Waals surface area (Å²) >= 11 is 0. The van der Waals surface area contributed by atoms with Crippen LogP contribution in [-0.4, -0.2) is 40.9 Å². The molecule has 0 spiro atoms. The summed E-state index contributed by atoms with van der Waals surface area (Å²) in [6.45, 7) is 14.2. The van der Waals surface area contributed by atoms with Crippen LogP contribution in [-0.2, 0) is 8.85 Å². The van der Waals surface area contributed by atoms with Crippen LogP contribution in [0.15, 0.2) is 0 Å². The van der Waals surface area contributed by atoms with Crippen molar-refractivity contribution in [3.8, 4) is 0 Å². The molecule has 0 radical (unpaired) electrons. The molecule has 0 aliphatic carbocycles. The zero-order valence-electron chi connectivity index (χ0n) is 13.6. The molecule has 0 aromatic carbocycles. The zero-order valence-corrected chi connectivity index (χ0v) is 15.6. The molecule has 3 nitrogen and oxygen atoms in total. The topological polar surface area (TPSA) is 21.7 Å². The molecule has 1 rings (SSSR count). The Hall–Kier alpha value is 0.314. The summed E-state index contributed by atoms with van der Waals surface area (Å²) in [6.07, 6.45) is 2.61. The molecule has 5 heteroatoms. The Morgan fingerprint density at radius 1 is 0.895 bits per heavy atom. The molecule has 0 bridgehead atoms. The van der Waals surface area contributed by atoms with Crippen molar-refractivity contribution in [3.63, 3.8) is 0 Å². The summed E-state index contributed by atoms with van der Waals surface area (Å²) in [5, 5.41) is 0. The van der Waals surface area contributed by atoms with Gasteiger partial charge >= 0.3 is 8.72 Å². The van der Waals surface area contributed by atoms with Crippen LogP contribution in [0.2, 0.25) is 24.2 Å². The van der Waals surface area contributed by atoms with Crippen LogP contribution >= 0.6 is 0 Å². The minimum atomic E-state index is -2.12. The maximum Gasteiger partial charge on any atom is 0.421 e. The Labute approximate surface area is 122 Å². The average molecular weight is 304 g/mol. The van der Waals surface area contributed by atoms with E-state index in [2.05, 4.69) is 38.8 Å². The van der Waals surface area contributed by atoms with E-state index in [4.69, 9.17) is 8.85 Å². The molecule has 1 saturated heterocycles. The first-order valence-electron chi connectivity index (χ1n) is 8.20. The van der Waals surface area contributed by atoms with Crippen LogP contribution in [0.5, 0.6) is 0 Å². The van der Waals surface area contributed by atoms with Crippen molar-refractivity contribution in [1.82, 2.24) is 4.23 Å². The van der Waals surface area contributed by atoms with Crippen LogP contribution in [0, 0.1) is 0 Å². The largest absolute Gasteiger partial charge is 0.421 e. The second kappa shape index (κ2) is 7.93. The highest BCUT2D eigenvalue weighted by Crippen LogP contribution is 2.37. The van der Waals surface area contributed by atoms with Crippen LogP contribution in [0.1, 0.15) is 47.5 Å². The van der Waals surface area contributed by atoms with Gasteiger partial charge in [-0.2, -0.15) is 0 Å². The maximum absolute atomic E-state index is 6.31. The molecule has 1 aliphatic rings. The van der Waals surface area contributed by atoms with Crippen molar-refractivity contribution in [3.05, 3.63) is 0 Å². The van der Waals surface area contributed by atoms with E-state index in [1.54, 1.807) is 0 Å². The summed E-state index contributed by atoms with van der Waals surface area (Å²) in [7, 11) is -3.50. The first kappa shape index (κ1) is 17.4. The Bertz CT molecular complexity index is 240. The third-order valence-corrected chi connectivity index (χ3v) is 16.1. The highest BCUT2D eigenvalue weighted by atomic mass is 28.4. The summed E-state index contributed by atoms with van der Waals surface area (Å²) in [5.41, 5.74) is 0. The van der Waals surface area contributed by atoms with E-state index in [0.717, 1.165) is 13.2 Å². The predicted molar refractivity (Wildman–Crippen MR) is 87.0 cm³/mol. The SMILES string of the molecule is CCO[Si]1(OCC)CCCCN1[Si](CC)(CC)CC. The van der Waals surface area contributed by atoms with E-state index in [1.165, 1.54) is 43.6 Å². The van der Waals surface area contributed by atoms with Crippen LogP contribution < -0.4 is 0 Å². The molecule has 0 N–H and O–H groups in total. The molecule has 0 aromatic heterocycles. The van der Waals surface area contributed by atoms with Crippen LogP contribution in [0.25, 0.3) is 0 Å². The van der Waals surface area contributed by atoms with Gasteiger partial charge in [-0.15, -0.1) is 0 Å². The molecule has 1 heterocycles. The minimum Gasteiger partial charge on any atom is -0.383 e. The second-order valence-electron chi connectivity index (χ2n) is 5.47. The van der Waals surface area contributed by atoms with Gasteiger partial charge in [0.25, 0.3) is 0 Å². The van der Waals surface area contributed by atoms with Crippen molar-refractivity contribution < 1.29 is 8.85 Å². The third-order valence-electron chi connectivity index (χ3n) is 4.82. The summed E-state index contributed by atoms with van der Waals surface area (Å²) in [6, 6.07) is 5.15. The fourth-order valence-corrected chi connectivity index (χ4v) is 15.0. The van der Waals surface area contributed by atoms with Gasteiger partial charge in [0.1, 0.15) is 8.24 Å². The van der Waals surface area contributed by atoms with Gasteiger partial charge in [-0.1, -0.05) is 20.8 Å². The van der Waals surface area contributed by atoms with Gasteiger partial charge in [0.05, 0.1) is 0 Å². The summed E-state index contributed by atoms with van der Waals surface area (Å²) in [5.74, 6) is 0.